The van der Waals surface area contributed by atoms with Gasteiger partial charge in [-0.15, -0.1) is 0 Å². The van der Waals surface area contributed by atoms with Crippen molar-refractivity contribution >= 4 is 21.6 Å². The zero-order chi connectivity index (χ0) is 12.3. The first-order chi connectivity index (χ1) is 8.16. The molecule has 0 bridgehead atoms. The summed E-state index contributed by atoms with van der Waals surface area (Å²) in [6.45, 7) is 5.38. The van der Waals surface area contributed by atoms with E-state index in [0.717, 1.165) is 12.5 Å². The highest BCUT2D eigenvalue weighted by Gasteiger charge is 2.10. The maximum atomic E-state index is 3.60. The molecule has 0 radical (unpaired) electrons. The van der Waals surface area contributed by atoms with Gasteiger partial charge in [0.1, 0.15) is 0 Å². The summed E-state index contributed by atoms with van der Waals surface area (Å²) in [6, 6.07) is 4.44. The molecule has 1 nitrogen and oxygen atoms in total. The first-order valence-corrected chi connectivity index (χ1v) is 7.11. The van der Waals surface area contributed by atoms with Gasteiger partial charge in [0.2, 0.25) is 0 Å². The van der Waals surface area contributed by atoms with Gasteiger partial charge in [-0.3, -0.25) is 0 Å². The highest BCUT2D eigenvalue weighted by Crippen LogP contribution is 2.26. The minimum atomic E-state index is 0.796. The van der Waals surface area contributed by atoms with E-state index < -0.39 is 0 Å². The van der Waals surface area contributed by atoms with E-state index in [2.05, 4.69) is 59.4 Å². The van der Waals surface area contributed by atoms with E-state index in [1.807, 2.05) is 0 Å². The Hall–Kier alpha value is -0.760. The number of rotatable bonds is 3. The molecule has 2 rings (SSSR count). The van der Waals surface area contributed by atoms with Crippen molar-refractivity contribution in [2.24, 2.45) is 5.92 Å². The minimum absolute atomic E-state index is 0.796. The summed E-state index contributed by atoms with van der Waals surface area (Å²) < 4.78 is 1.23. The summed E-state index contributed by atoms with van der Waals surface area (Å²) in [5.41, 5.74) is 3.85. The van der Waals surface area contributed by atoms with Crippen LogP contribution in [0, 0.1) is 19.8 Å². The Morgan fingerprint density at radius 1 is 1.24 bits per heavy atom. The summed E-state index contributed by atoms with van der Waals surface area (Å²) in [5.74, 6) is 0.796. The number of aryl methyl sites for hydroxylation is 2. The highest BCUT2D eigenvalue weighted by atomic mass is 79.9. The number of halogens is 1. The first-order valence-electron chi connectivity index (χ1n) is 6.32. The molecule has 0 aliphatic heterocycles. The van der Waals surface area contributed by atoms with Crippen molar-refractivity contribution < 1.29 is 0 Å². The fourth-order valence-corrected chi connectivity index (χ4v) is 2.58. The zero-order valence-electron chi connectivity index (χ0n) is 10.6. The third-order valence-corrected chi connectivity index (χ3v) is 4.66. The van der Waals surface area contributed by atoms with Gasteiger partial charge in [-0.25, -0.2) is 0 Å². The van der Waals surface area contributed by atoms with Crippen LogP contribution in [-0.4, -0.2) is 6.54 Å². The van der Waals surface area contributed by atoms with E-state index in [-0.39, 0.29) is 0 Å². The van der Waals surface area contributed by atoms with Crippen LogP contribution in [0.4, 0.5) is 5.69 Å². The predicted molar refractivity (Wildman–Crippen MR) is 78.6 cm³/mol. The van der Waals surface area contributed by atoms with Gasteiger partial charge >= 0.3 is 0 Å². The molecule has 0 fully saturated rings. The third-order valence-electron chi connectivity index (χ3n) is 3.41. The molecule has 1 unspecified atom stereocenters. The van der Waals surface area contributed by atoms with E-state index in [1.165, 1.54) is 40.5 Å². The Morgan fingerprint density at radius 2 is 1.94 bits per heavy atom. The van der Waals surface area contributed by atoms with Crippen molar-refractivity contribution in [3.63, 3.8) is 0 Å². The summed E-state index contributed by atoms with van der Waals surface area (Å²) in [6.07, 6.45) is 8.39. The lowest BCUT2D eigenvalue weighted by Crippen LogP contribution is -2.15. The van der Waals surface area contributed by atoms with Gasteiger partial charge < -0.3 is 5.32 Å². The summed E-state index contributed by atoms with van der Waals surface area (Å²) in [5, 5.41) is 3.57. The van der Waals surface area contributed by atoms with Gasteiger partial charge in [0, 0.05) is 16.7 Å². The van der Waals surface area contributed by atoms with Crippen molar-refractivity contribution in [2.45, 2.75) is 33.1 Å². The molecule has 1 aliphatic carbocycles. The van der Waals surface area contributed by atoms with Crippen LogP contribution in [0.3, 0.4) is 0 Å². The Kier molecular flexibility index (Phi) is 4.27. The number of allylic oxidation sites excluding steroid dienone is 2. The molecule has 1 aromatic carbocycles. The summed E-state index contributed by atoms with van der Waals surface area (Å²) >= 11 is 3.60. The number of hydrogen-bond donors (Lipinski definition) is 1. The molecule has 17 heavy (non-hydrogen) atoms. The molecule has 0 spiro atoms. The second-order valence-electron chi connectivity index (χ2n) is 4.96. The number of nitrogens with one attached hydrogen (secondary N) is 1. The lowest BCUT2D eigenvalue weighted by atomic mass is 9.94. The smallest absolute Gasteiger partial charge is 0.0346 e. The summed E-state index contributed by atoms with van der Waals surface area (Å²) in [7, 11) is 0. The predicted octanol–water partition coefficient (Wildman–Crippen LogP) is 4.83. The van der Waals surface area contributed by atoms with Crippen molar-refractivity contribution in [3.8, 4) is 0 Å². The largest absolute Gasteiger partial charge is 0.385 e. The van der Waals surface area contributed by atoms with Crippen molar-refractivity contribution in [1.29, 1.82) is 0 Å². The van der Waals surface area contributed by atoms with Crippen LogP contribution < -0.4 is 5.32 Å². The average Bonchev–Trinajstić information content (AvgIpc) is 2.34. The van der Waals surface area contributed by atoms with Gasteiger partial charge in [-0.2, -0.15) is 0 Å². The van der Waals surface area contributed by atoms with Gasteiger partial charge in [0.05, 0.1) is 0 Å². The second kappa shape index (κ2) is 5.72. The van der Waals surface area contributed by atoms with E-state index in [0.29, 0.717) is 0 Å². The van der Waals surface area contributed by atoms with Crippen LogP contribution in [0.25, 0.3) is 0 Å². The molecular formula is C15H20BrN. The molecule has 2 heteroatoms. The first kappa shape index (κ1) is 12.7. The lowest BCUT2D eigenvalue weighted by molar-refractivity contribution is 0.504. The second-order valence-corrected chi connectivity index (χ2v) is 5.75. The van der Waals surface area contributed by atoms with Crippen LogP contribution >= 0.6 is 15.9 Å². The Morgan fingerprint density at radius 3 is 2.53 bits per heavy atom. The number of benzene rings is 1. The maximum Gasteiger partial charge on any atom is 0.0346 e. The van der Waals surface area contributed by atoms with E-state index >= 15 is 0 Å². The monoisotopic (exact) mass is 293 g/mol. The zero-order valence-corrected chi connectivity index (χ0v) is 12.2. The molecule has 1 aromatic rings. The molecule has 1 N–H and O–H groups in total. The molecule has 0 saturated heterocycles. The molecule has 0 heterocycles. The minimum Gasteiger partial charge on any atom is -0.385 e. The normalized spacial score (nSPS) is 19.4. The summed E-state index contributed by atoms with van der Waals surface area (Å²) in [4.78, 5) is 0. The van der Waals surface area contributed by atoms with Gasteiger partial charge in [-0.05, 0) is 62.3 Å². The molecule has 1 aliphatic rings. The van der Waals surface area contributed by atoms with Gasteiger partial charge in [0.15, 0.2) is 0 Å². The van der Waals surface area contributed by atoms with E-state index in [1.54, 1.807) is 0 Å². The lowest BCUT2D eigenvalue weighted by Gasteiger charge is -2.19. The van der Waals surface area contributed by atoms with E-state index in [9.17, 15) is 0 Å². The van der Waals surface area contributed by atoms with Crippen LogP contribution in [0.15, 0.2) is 28.8 Å². The Labute approximate surface area is 112 Å². The number of anilines is 1. The number of hydrogen-bond acceptors (Lipinski definition) is 1. The molecule has 1 atom stereocenters. The fraction of sp³-hybridized carbons (Fsp3) is 0.467. The van der Waals surface area contributed by atoms with Gasteiger partial charge in [-0.1, -0.05) is 28.1 Å². The average molecular weight is 294 g/mol. The van der Waals surface area contributed by atoms with Crippen LogP contribution in [0.1, 0.15) is 30.4 Å². The topological polar surface area (TPSA) is 12.0 Å². The third kappa shape index (κ3) is 3.35. The van der Waals surface area contributed by atoms with Crippen LogP contribution in [-0.2, 0) is 0 Å². The van der Waals surface area contributed by atoms with Crippen molar-refractivity contribution in [2.75, 3.05) is 11.9 Å². The molecule has 92 valence electrons. The van der Waals surface area contributed by atoms with Crippen LogP contribution in [0.5, 0.6) is 0 Å². The Bertz CT molecular complexity index is 400. The molecule has 0 amide bonds. The molecular weight excluding hydrogens is 274 g/mol. The fourth-order valence-electron chi connectivity index (χ4n) is 2.35. The van der Waals surface area contributed by atoms with E-state index in [4.69, 9.17) is 0 Å². The SMILES string of the molecule is Cc1cc(NCC2CC=CCC2)cc(C)c1Br. The Balaban J connectivity index is 1.97. The van der Waals surface area contributed by atoms with Gasteiger partial charge in [0.25, 0.3) is 0 Å². The molecule has 0 saturated carbocycles. The van der Waals surface area contributed by atoms with Crippen LogP contribution in [0.2, 0.25) is 0 Å². The molecule has 0 aromatic heterocycles. The quantitative estimate of drug-likeness (QED) is 0.787. The van der Waals surface area contributed by atoms with Crippen molar-refractivity contribution in [1.82, 2.24) is 0 Å². The van der Waals surface area contributed by atoms with Crippen molar-refractivity contribution in [3.05, 3.63) is 39.9 Å². The highest BCUT2D eigenvalue weighted by molar-refractivity contribution is 9.10. The standard InChI is InChI=1S/C15H20BrN/c1-11-8-14(9-12(2)15(11)16)17-10-13-6-4-3-5-7-13/h3-4,8-9,13,17H,5-7,10H2,1-2H3. The maximum absolute atomic E-state index is 3.60.